The molecule has 3 unspecified atom stereocenters. The van der Waals surface area contributed by atoms with E-state index in [0.717, 1.165) is 11.1 Å². The predicted octanol–water partition coefficient (Wildman–Crippen LogP) is 2.18. The van der Waals surface area contributed by atoms with Gasteiger partial charge in [-0.2, -0.15) is 0 Å². The van der Waals surface area contributed by atoms with Crippen LogP contribution in [0.15, 0.2) is 24.3 Å². The van der Waals surface area contributed by atoms with Crippen LogP contribution in [0.2, 0.25) is 0 Å². The molecule has 4 nitrogen and oxygen atoms in total. The van der Waals surface area contributed by atoms with Crippen molar-refractivity contribution in [3.05, 3.63) is 35.4 Å². The van der Waals surface area contributed by atoms with Crippen LogP contribution in [0.5, 0.6) is 0 Å². The molecule has 1 saturated heterocycles. The molecule has 0 bridgehead atoms. The summed E-state index contributed by atoms with van der Waals surface area (Å²) < 4.78 is 0. The topological polar surface area (TPSA) is 49.4 Å². The molecule has 3 atom stereocenters. The Morgan fingerprint density at radius 3 is 2.55 bits per heavy atom. The van der Waals surface area contributed by atoms with Gasteiger partial charge in [0.25, 0.3) is 0 Å². The maximum atomic E-state index is 12.5. The molecule has 1 fully saturated rings. The third-order valence-corrected chi connectivity index (χ3v) is 4.13. The molecule has 4 heteroatoms. The quantitative estimate of drug-likeness (QED) is 0.918. The molecule has 0 saturated carbocycles. The van der Waals surface area contributed by atoms with E-state index in [1.807, 2.05) is 45.0 Å². The number of amides is 2. The molecule has 20 heavy (non-hydrogen) atoms. The second kappa shape index (κ2) is 5.65. The van der Waals surface area contributed by atoms with Crippen LogP contribution in [0.3, 0.4) is 0 Å². The highest BCUT2D eigenvalue weighted by Gasteiger charge is 2.40. The first kappa shape index (κ1) is 14.6. The monoisotopic (exact) mass is 274 g/mol. The van der Waals surface area contributed by atoms with Crippen molar-refractivity contribution in [1.82, 2.24) is 10.2 Å². The molecule has 1 aromatic rings. The second-order valence-corrected chi connectivity index (χ2v) is 5.42. The van der Waals surface area contributed by atoms with E-state index in [0.29, 0.717) is 6.42 Å². The first-order chi connectivity index (χ1) is 9.47. The molecule has 2 amide bonds. The average Bonchev–Trinajstić information content (AvgIpc) is 2.43. The lowest BCUT2D eigenvalue weighted by Crippen LogP contribution is -2.62. The Labute approximate surface area is 120 Å². The Morgan fingerprint density at radius 1 is 1.30 bits per heavy atom. The van der Waals surface area contributed by atoms with Crippen molar-refractivity contribution in [1.29, 1.82) is 0 Å². The van der Waals surface area contributed by atoms with Crippen LogP contribution in [0.4, 0.5) is 0 Å². The summed E-state index contributed by atoms with van der Waals surface area (Å²) >= 11 is 0. The van der Waals surface area contributed by atoms with E-state index in [1.54, 1.807) is 11.8 Å². The molecule has 0 spiro atoms. The Kier molecular flexibility index (Phi) is 4.12. The Bertz CT molecular complexity index is 527. The number of piperazine rings is 1. The van der Waals surface area contributed by atoms with Crippen LogP contribution in [0.1, 0.15) is 44.4 Å². The highest BCUT2D eigenvalue weighted by atomic mass is 16.2. The zero-order valence-electron chi connectivity index (χ0n) is 12.5. The molecule has 1 aliphatic rings. The number of benzene rings is 1. The fourth-order valence-corrected chi connectivity index (χ4v) is 2.86. The van der Waals surface area contributed by atoms with Gasteiger partial charge in [0.1, 0.15) is 12.1 Å². The summed E-state index contributed by atoms with van der Waals surface area (Å²) in [6.07, 6.45) is 0.619. The maximum Gasteiger partial charge on any atom is 0.246 e. The summed E-state index contributed by atoms with van der Waals surface area (Å²) in [4.78, 5) is 26.3. The van der Waals surface area contributed by atoms with E-state index >= 15 is 0 Å². The van der Waals surface area contributed by atoms with Crippen LogP contribution in [-0.4, -0.2) is 28.8 Å². The number of rotatable bonds is 3. The number of nitrogens with zero attached hydrogens (tertiary/aromatic N) is 1. The Morgan fingerprint density at radius 2 is 1.95 bits per heavy atom. The minimum absolute atomic E-state index is 0.00959. The van der Waals surface area contributed by atoms with Gasteiger partial charge >= 0.3 is 0 Å². The van der Waals surface area contributed by atoms with Gasteiger partial charge in [-0.3, -0.25) is 9.59 Å². The summed E-state index contributed by atoms with van der Waals surface area (Å²) in [6, 6.07) is 7.07. The lowest BCUT2D eigenvalue weighted by atomic mass is 9.97. The van der Waals surface area contributed by atoms with Crippen LogP contribution in [0, 0.1) is 6.92 Å². The lowest BCUT2D eigenvalue weighted by molar-refractivity contribution is -0.151. The number of nitrogens with one attached hydrogen (secondary N) is 1. The van der Waals surface area contributed by atoms with Gasteiger partial charge in [-0.15, -0.1) is 0 Å². The summed E-state index contributed by atoms with van der Waals surface area (Å²) in [7, 11) is 0. The molecular formula is C16H22N2O2. The van der Waals surface area contributed by atoms with Crippen molar-refractivity contribution in [3.8, 4) is 0 Å². The second-order valence-electron chi connectivity index (χ2n) is 5.42. The van der Waals surface area contributed by atoms with Crippen molar-refractivity contribution in [2.45, 2.75) is 52.2 Å². The average molecular weight is 274 g/mol. The van der Waals surface area contributed by atoms with Gasteiger partial charge in [0.2, 0.25) is 11.8 Å². The van der Waals surface area contributed by atoms with Gasteiger partial charge in [-0.05, 0) is 38.3 Å². The van der Waals surface area contributed by atoms with Gasteiger partial charge in [0, 0.05) is 0 Å². The van der Waals surface area contributed by atoms with Crippen molar-refractivity contribution in [3.63, 3.8) is 0 Å². The van der Waals surface area contributed by atoms with Crippen LogP contribution >= 0.6 is 0 Å². The number of hydrogen-bond donors (Lipinski definition) is 1. The van der Waals surface area contributed by atoms with Crippen LogP contribution < -0.4 is 5.32 Å². The van der Waals surface area contributed by atoms with Gasteiger partial charge in [-0.1, -0.05) is 31.2 Å². The summed E-state index contributed by atoms with van der Waals surface area (Å²) in [6.45, 7) is 7.72. The van der Waals surface area contributed by atoms with Crippen molar-refractivity contribution in [2.24, 2.45) is 0 Å². The molecular weight excluding hydrogens is 252 g/mol. The SMILES string of the molecule is CCC1NC(=O)C(C)N(C(C)c2ccccc2C)C1=O. The summed E-state index contributed by atoms with van der Waals surface area (Å²) in [5.74, 6) is -0.0627. The lowest BCUT2D eigenvalue weighted by Gasteiger charge is -2.41. The fourth-order valence-electron chi connectivity index (χ4n) is 2.86. The highest BCUT2D eigenvalue weighted by molar-refractivity contribution is 5.96. The molecule has 1 aliphatic heterocycles. The fraction of sp³-hybridized carbons (Fsp3) is 0.500. The first-order valence-electron chi connectivity index (χ1n) is 7.15. The van der Waals surface area contributed by atoms with E-state index in [2.05, 4.69) is 5.32 Å². The van der Waals surface area contributed by atoms with E-state index < -0.39 is 12.1 Å². The van der Waals surface area contributed by atoms with Gasteiger partial charge in [0.15, 0.2) is 0 Å². The summed E-state index contributed by atoms with van der Waals surface area (Å²) in [5, 5.41) is 2.79. The number of aryl methyl sites for hydroxylation is 1. The Hall–Kier alpha value is -1.84. The summed E-state index contributed by atoms with van der Waals surface area (Å²) in [5.41, 5.74) is 2.23. The molecule has 1 heterocycles. The van der Waals surface area contributed by atoms with Crippen LogP contribution in [0.25, 0.3) is 0 Å². The van der Waals surface area contributed by atoms with Crippen LogP contribution in [-0.2, 0) is 9.59 Å². The molecule has 0 aliphatic carbocycles. The maximum absolute atomic E-state index is 12.5. The third-order valence-electron chi connectivity index (χ3n) is 4.13. The highest BCUT2D eigenvalue weighted by Crippen LogP contribution is 2.28. The Balaban J connectivity index is 2.35. The minimum Gasteiger partial charge on any atom is -0.343 e. The normalized spacial score (nSPS) is 24.5. The zero-order valence-corrected chi connectivity index (χ0v) is 12.5. The molecule has 0 aromatic heterocycles. The van der Waals surface area contributed by atoms with Gasteiger partial charge < -0.3 is 10.2 Å². The minimum atomic E-state index is -0.431. The van der Waals surface area contributed by atoms with E-state index in [9.17, 15) is 9.59 Å². The van der Waals surface area contributed by atoms with Crippen molar-refractivity contribution in [2.75, 3.05) is 0 Å². The van der Waals surface area contributed by atoms with E-state index in [-0.39, 0.29) is 17.9 Å². The smallest absolute Gasteiger partial charge is 0.246 e. The van der Waals surface area contributed by atoms with Crippen molar-refractivity contribution >= 4 is 11.8 Å². The molecule has 1 aromatic carbocycles. The standard InChI is InChI=1S/C16H22N2O2/c1-5-14-16(20)18(12(4)15(19)17-14)11(3)13-9-7-6-8-10(13)2/h6-9,11-12,14H,5H2,1-4H3,(H,17,19). The van der Waals surface area contributed by atoms with E-state index in [1.165, 1.54) is 0 Å². The molecule has 0 radical (unpaired) electrons. The van der Waals surface area contributed by atoms with E-state index in [4.69, 9.17) is 0 Å². The number of hydrogen-bond acceptors (Lipinski definition) is 2. The predicted molar refractivity (Wildman–Crippen MR) is 78.1 cm³/mol. The largest absolute Gasteiger partial charge is 0.343 e. The van der Waals surface area contributed by atoms with Crippen molar-refractivity contribution < 1.29 is 9.59 Å². The molecule has 108 valence electrons. The number of carbonyl (C=O) groups excluding carboxylic acids is 2. The molecule has 1 N–H and O–H groups in total. The first-order valence-corrected chi connectivity index (χ1v) is 7.15. The molecule has 2 rings (SSSR count). The number of carbonyl (C=O) groups is 2. The third kappa shape index (κ3) is 2.42. The zero-order chi connectivity index (χ0) is 14.9. The van der Waals surface area contributed by atoms with Gasteiger partial charge in [0.05, 0.1) is 6.04 Å². The van der Waals surface area contributed by atoms with Gasteiger partial charge in [-0.25, -0.2) is 0 Å².